The van der Waals surface area contributed by atoms with E-state index in [1.54, 1.807) is 0 Å². The van der Waals surface area contributed by atoms with E-state index in [4.69, 9.17) is 0 Å². The van der Waals surface area contributed by atoms with Crippen LogP contribution in [0.1, 0.15) is 46.6 Å². The highest BCUT2D eigenvalue weighted by Gasteiger charge is 2.02. The molecule has 0 bridgehead atoms. The molecule has 0 saturated heterocycles. The van der Waals surface area contributed by atoms with Gasteiger partial charge in [-0.05, 0) is 25.0 Å². The van der Waals surface area contributed by atoms with E-state index >= 15 is 0 Å². The maximum Gasteiger partial charge on any atom is 0.0514 e. The minimum atomic E-state index is 1.09. The molecule has 0 spiro atoms. The number of rotatable bonds is 2. The van der Waals surface area contributed by atoms with Gasteiger partial charge in [0.1, 0.15) is 0 Å². The van der Waals surface area contributed by atoms with Crippen molar-refractivity contribution in [2.75, 3.05) is 0 Å². The fourth-order valence-electron chi connectivity index (χ4n) is 1.74. The molecule has 0 radical (unpaired) electrons. The van der Waals surface area contributed by atoms with Gasteiger partial charge in [0.15, 0.2) is 0 Å². The SMILES string of the molecule is CC.CC.CCCn1cc(C)c2cnccc21. The molecule has 96 valence electrons. The van der Waals surface area contributed by atoms with Crippen LogP contribution in [0.4, 0.5) is 0 Å². The van der Waals surface area contributed by atoms with Crippen LogP contribution in [0.3, 0.4) is 0 Å². The van der Waals surface area contributed by atoms with E-state index in [2.05, 4.69) is 35.7 Å². The lowest BCUT2D eigenvalue weighted by Gasteiger charge is -2.00. The van der Waals surface area contributed by atoms with Gasteiger partial charge in [-0.25, -0.2) is 0 Å². The molecule has 2 aromatic heterocycles. The monoisotopic (exact) mass is 234 g/mol. The number of hydrogen-bond acceptors (Lipinski definition) is 1. The Labute approximate surface area is 106 Å². The highest BCUT2D eigenvalue weighted by molar-refractivity contribution is 5.82. The van der Waals surface area contributed by atoms with Gasteiger partial charge in [-0.15, -0.1) is 0 Å². The zero-order valence-corrected chi connectivity index (χ0v) is 12.1. The Balaban J connectivity index is 0.000000581. The van der Waals surface area contributed by atoms with Crippen LogP contribution in [0.5, 0.6) is 0 Å². The number of aryl methyl sites for hydroxylation is 2. The number of fused-ring (bicyclic) bond motifs is 1. The summed E-state index contributed by atoms with van der Waals surface area (Å²) in [5.74, 6) is 0. The van der Waals surface area contributed by atoms with Gasteiger partial charge in [-0.2, -0.15) is 0 Å². The van der Waals surface area contributed by atoms with Crippen LogP contribution in [0, 0.1) is 6.92 Å². The minimum absolute atomic E-state index is 1.09. The van der Waals surface area contributed by atoms with E-state index < -0.39 is 0 Å². The lowest BCUT2D eigenvalue weighted by molar-refractivity contribution is 0.702. The molecule has 2 rings (SSSR count). The molecule has 0 aliphatic carbocycles. The molecule has 0 N–H and O–H groups in total. The van der Waals surface area contributed by atoms with Crippen LogP contribution < -0.4 is 0 Å². The number of hydrogen-bond donors (Lipinski definition) is 0. The maximum atomic E-state index is 4.13. The quantitative estimate of drug-likeness (QED) is 0.729. The molecule has 0 unspecified atom stereocenters. The summed E-state index contributed by atoms with van der Waals surface area (Å²) in [5.41, 5.74) is 2.62. The van der Waals surface area contributed by atoms with Crippen molar-refractivity contribution in [3.8, 4) is 0 Å². The predicted molar refractivity (Wildman–Crippen MR) is 77.5 cm³/mol. The highest BCUT2D eigenvalue weighted by Crippen LogP contribution is 2.19. The molecule has 17 heavy (non-hydrogen) atoms. The minimum Gasteiger partial charge on any atom is -0.347 e. The molecule has 2 heteroatoms. The molecular weight excluding hydrogens is 208 g/mol. The van der Waals surface area contributed by atoms with Gasteiger partial charge in [-0.1, -0.05) is 34.6 Å². The molecule has 0 aromatic carbocycles. The topological polar surface area (TPSA) is 17.8 Å². The molecule has 0 aliphatic rings. The van der Waals surface area contributed by atoms with Crippen molar-refractivity contribution in [1.82, 2.24) is 9.55 Å². The van der Waals surface area contributed by atoms with Crippen molar-refractivity contribution in [2.24, 2.45) is 0 Å². The first-order valence-corrected chi connectivity index (χ1v) is 6.72. The second kappa shape index (κ2) is 8.80. The van der Waals surface area contributed by atoms with Crippen molar-refractivity contribution >= 4 is 10.9 Å². The average molecular weight is 234 g/mol. The normalized spacial score (nSPS) is 9.06. The van der Waals surface area contributed by atoms with Crippen molar-refractivity contribution < 1.29 is 0 Å². The smallest absolute Gasteiger partial charge is 0.0514 e. The van der Waals surface area contributed by atoms with E-state index in [1.807, 2.05) is 40.1 Å². The van der Waals surface area contributed by atoms with Gasteiger partial charge < -0.3 is 4.57 Å². The first-order valence-electron chi connectivity index (χ1n) is 6.72. The zero-order valence-electron chi connectivity index (χ0n) is 12.1. The van der Waals surface area contributed by atoms with Crippen LogP contribution in [0.2, 0.25) is 0 Å². The van der Waals surface area contributed by atoms with Crippen LogP contribution in [-0.2, 0) is 6.54 Å². The highest BCUT2D eigenvalue weighted by atomic mass is 15.0. The van der Waals surface area contributed by atoms with E-state index in [1.165, 1.54) is 22.9 Å². The van der Waals surface area contributed by atoms with Gasteiger partial charge in [0, 0.05) is 30.5 Å². The second-order valence-corrected chi connectivity index (χ2v) is 3.40. The fourth-order valence-corrected chi connectivity index (χ4v) is 1.74. The largest absolute Gasteiger partial charge is 0.347 e. The van der Waals surface area contributed by atoms with Gasteiger partial charge >= 0.3 is 0 Å². The van der Waals surface area contributed by atoms with Crippen LogP contribution in [0.25, 0.3) is 10.9 Å². The summed E-state index contributed by atoms with van der Waals surface area (Å²) in [6, 6.07) is 2.08. The van der Waals surface area contributed by atoms with Crippen LogP contribution in [0.15, 0.2) is 24.7 Å². The summed E-state index contributed by atoms with van der Waals surface area (Å²) in [7, 11) is 0. The summed E-state index contributed by atoms with van der Waals surface area (Å²) in [5, 5.41) is 1.27. The Morgan fingerprint density at radius 3 is 2.41 bits per heavy atom. The summed E-state index contributed by atoms with van der Waals surface area (Å²) >= 11 is 0. The third kappa shape index (κ3) is 3.88. The second-order valence-electron chi connectivity index (χ2n) is 3.40. The van der Waals surface area contributed by atoms with E-state index in [9.17, 15) is 0 Å². The third-order valence-corrected chi connectivity index (χ3v) is 2.35. The number of aromatic nitrogens is 2. The summed E-state index contributed by atoms with van der Waals surface area (Å²) in [6.07, 6.45) is 7.17. The Bertz CT molecular complexity index is 416. The summed E-state index contributed by atoms with van der Waals surface area (Å²) in [4.78, 5) is 4.13. The summed E-state index contributed by atoms with van der Waals surface area (Å²) < 4.78 is 2.30. The van der Waals surface area contributed by atoms with Gasteiger partial charge in [0.05, 0.1) is 5.52 Å². The molecule has 2 aromatic rings. The van der Waals surface area contributed by atoms with Crippen molar-refractivity contribution in [3.63, 3.8) is 0 Å². The molecule has 2 nitrogen and oxygen atoms in total. The Kier molecular flexibility index (Phi) is 8.12. The van der Waals surface area contributed by atoms with Crippen LogP contribution in [-0.4, -0.2) is 9.55 Å². The molecule has 2 heterocycles. The fraction of sp³-hybridized carbons (Fsp3) is 0.533. The average Bonchev–Trinajstić information content (AvgIpc) is 2.73. The number of nitrogens with zero attached hydrogens (tertiary/aromatic N) is 2. The van der Waals surface area contributed by atoms with Gasteiger partial charge in [-0.3, -0.25) is 4.98 Å². The maximum absolute atomic E-state index is 4.13. The van der Waals surface area contributed by atoms with Gasteiger partial charge in [0.2, 0.25) is 0 Å². The third-order valence-electron chi connectivity index (χ3n) is 2.35. The summed E-state index contributed by atoms with van der Waals surface area (Å²) in [6.45, 7) is 13.4. The first-order chi connectivity index (χ1) is 8.33. The molecule has 0 fully saturated rings. The molecule has 0 aliphatic heterocycles. The first kappa shape index (κ1) is 15.7. The number of pyridine rings is 1. The molecular formula is C15H26N2. The predicted octanol–water partition coefficient (Wildman–Crippen LogP) is 4.81. The van der Waals surface area contributed by atoms with E-state index in [0.717, 1.165) is 6.54 Å². The van der Waals surface area contributed by atoms with E-state index in [-0.39, 0.29) is 0 Å². The van der Waals surface area contributed by atoms with Crippen molar-refractivity contribution in [2.45, 2.75) is 54.5 Å². The molecule has 0 amide bonds. The molecule has 0 saturated carbocycles. The standard InChI is InChI=1S/C11H14N2.2C2H6/c1-3-6-13-8-9(2)10-7-12-5-4-11(10)13;2*1-2/h4-5,7-8H,3,6H2,1-2H3;2*1-2H3. The van der Waals surface area contributed by atoms with Crippen molar-refractivity contribution in [3.05, 3.63) is 30.2 Å². The Morgan fingerprint density at radius 2 is 1.82 bits per heavy atom. The lowest BCUT2D eigenvalue weighted by atomic mass is 10.2. The van der Waals surface area contributed by atoms with Crippen molar-refractivity contribution in [1.29, 1.82) is 0 Å². The Hall–Kier alpha value is -1.31. The zero-order chi connectivity index (χ0) is 13.3. The van der Waals surface area contributed by atoms with Gasteiger partial charge in [0.25, 0.3) is 0 Å². The molecule has 0 atom stereocenters. The Morgan fingerprint density at radius 1 is 1.18 bits per heavy atom. The van der Waals surface area contributed by atoms with E-state index in [0.29, 0.717) is 0 Å². The van der Waals surface area contributed by atoms with Crippen LogP contribution >= 0.6 is 0 Å². The lowest BCUT2D eigenvalue weighted by Crippen LogP contribution is -1.93.